The Bertz CT molecular complexity index is 991. The molecule has 2 heterocycles. The van der Waals surface area contributed by atoms with E-state index in [2.05, 4.69) is 0 Å². The van der Waals surface area contributed by atoms with Crippen molar-refractivity contribution in [3.63, 3.8) is 0 Å². The quantitative estimate of drug-likeness (QED) is 0.665. The number of aromatic nitrogens is 2. The zero-order valence-electron chi connectivity index (χ0n) is 14.4. The minimum absolute atomic E-state index is 0.270. The molecule has 26 heavy (non-hydrogen) atoms. The number of carbonyl (C=O) groups excluding carboxylic acids is 1. The lowest BCUT2D eigenvalue weighted by atomic mass is 10.2. The SMILES string of the molecule is CN(Cc1ccsc1)C(=O)Cn1c(=O)ccn(Cc2ccccc2)c1=O. The summed E-state index contributed by atoms with van der Waals surface area (Å²) >= 11 is 1.56. The third-order valence-electron chi connectivity index (χ3n) is 4.05. The molecule has 0 fully saturated rings. The van der Waals surface area contributed by atoms with Gasteiger partial charge in [-0.05, 0) is 28.0 Å². The van der Waals surface area contributed by atoms with Gasteiger partial charge < -0.3 is 4.90 Å². The predicted molar refractivity (Wildman–Crippen MR) is 101 cm³/mol. The van der Waals surface area contributed by atoms with E-state index in [1.807, 2.05) is 47.2 Å². The molecule has 6 nitrogen and oxygen atoms in total. The number of benzene rings is 1. The fourth-order valence-electron chi connectivity index (χ4n) is 2.60. The third kappa shape index (κ3) is 4.18. The van der Waals surface area contributed by atoms with Crippen molar-refractivity contribution in [3.8, 4) is 0 Å². The molecule has 1 aromatic carbocycles. The van der Waals surface area contributed by atoms with E-state index in [1.165, 1.54) is 21.7 Å². The van der Waals surface area contributed by atoms with Crippen LogP contribution in [0.15, 0.2) is 69.0 Å². The summed E-state index contributed by atoms with van der Waals surface area (Å²) in [5.74, 6) is -0.284. The lowest BCUT2D eigenvalue weighted by molar-refractivity contribution is -0.131. The second-order valence-corrected chi connectivity index (χ2v) is 6.80. The topological polar surface area (TPSA) is 64.3 Å². The molecule has 7 heteroatoms. The number of likely N-dealkylation sites (N-methyl/N-ethyl adjacent to an activating group) is 1. The molecule has 0 N–H and O–H groups in total. The van der Waals surface area contributed by atoms with Crippen LogP contribution in [0.1, 0.15) is 11.1 Å². The van der Waals surface area contributed by atoms with Crippen molar-refractivity contribution in [1.29, 1.82) is 0 Å². The Morgan fingerprint density at radius 2 is 1.85 bits per heavy atom. The van der Waals surface area contributed by atoms with Crippen molar-refractivity contribution in [2.75, 3.05) is 7.05 Å². The van der Waals surface area contributed by atoms with Crippen LogP contribution >= 0.6 is 11.3 Å². The van der Waals surface area contributed by atoms with E-state index < -0.39 is 11.2 Å². The Labute approximate surface area is 154 Å². The molecule has 134 valence electrons. The standard InChI is InChI=1S/C19H19N3O3S/c1-20(11-16-8-10-26-14-16)18(24)13-22-17(23)7-9-21(19(22)25)12-15-5-3-2-4-6-15/h2-10,14H,11-13H2,1H3. The summed E-state index contributed by atoms with van der Waals surface area (Å²) in [5.41, 5.74) is 1.00. The van der Waals surface area contributed by atoms with Gasteiger partial charge in [0.05, 0.1) is 6.54 Å². The Morgan fingerprint density at radius 3 is 2.54 bits per heavy atom. The predicted octanol–water partition coefficient (Wildman–Crippen LogP) is 1.78. The van der Waals surface area contributed by atoms with Crippen LogP contribution in [0.3, 0.4) is 0 Å². The molecule has 0 bridgehead atoms. The summed E-state index contributed by atoms with van der Waals surface area (Å²) in [7, 11) is 1.66. The molecule has 1 amide bonds. The van der Waals surface area contributed by atoms with E-state index in [0.29, 0.717) is 13.1 Å². The zero-order chi connectivity index (χ0) is 18.5. The summed E-state index contributed by atoms with van der Waals surface area (Å²) in [6.07, 6.45) is 1.47. The molecule has 0 aliphatic rings. The van der Waals surface area contributed by atoms with Gasteiger partial charge >= 0.3 is 5.69 Å². The Hall–Kier alpha value is -2.93. The molecule has 0 unspecified atom stereocenters. The van der Waals surface area contributed by atoms with Gasteiger partial charge in [0.2, 0.25) is 5.91 Å². The van der Waals surface area contributed by atoms with Crippen LogP contribution in [0.5, 0.6) is 0 Å². The maximum atomic E-state index is 12.6. The van der Waals surface area contributed by atoms with Crippen LogP contribution in [0.2, 0.25) is 0 Å². The molecule has 0 saturated heterocycles. The molecule has 0 aliphatic carbocycles. The fourth-order valence-corrected chi connectivity index (χ4v) is 3.26. The van der Waals surface area contributed by atoms with Gasteiger partial charge in [-0.15, -0.1) is 0 Å². The van der Waals surface area contributed by atoms with Gasteiger partial charge in [-0.25, -0.2) is 4.79 Å². The summed E-state index contributed by atoms with van der Waals surface area (Å²) in [4.78, 5) is 38.7. The monoisotopic (exact) mass is 369 g/mol. The first-order chi connectivity index (χ1) is 12.5. The number of nitrogens with zero attached hydrogens (tertiary/aromatic N) is 3. The third-order valence-corrected chi connectivity index (χ3v) is 4.79. The highest BCUT2D eigenvalue weighted by molar-refractivity contribution is 7.07. The van der Waals surface area contributed by atoms with Crippen LogP contribution in [-0.4, -0.2) is 27.0 Å². The van der Waals surface area contributed by atoms with Gasteiger partial charge in [0.1, 0.15) is 6.54 Å². The normalized spacial score (nSPS) is 10.7. The first-order valence-electron chi connectivity index (χ1n) is 8.14. The van der Waals surface area contributed by atoms with Crippen LogP contribution in [0.4, 0.5) is 0 Å². The van der Waals surface area contributed by atoms with Crippen molar-refractivity contribution >= 4 is 17.2 Å². The van der Waals surface area contributed by atoms with Crippen molar-refractivity contribution in [2.24, 2.45) is 0 Å². The van der Waals surface area contributed by atoms with Crippen LogP contribution in [0, 0.1) is 0 Å². The van der Waals surface area contributed by atoms with E-state index in [9.17, 15) is 14.4 Å². The molecule has 3 rings (SSSR count). The maximum absolute atomic E-state index is 12.6. The number of thiophene rings is 1. The van der Waals surface area contributed by atoms with E-state index in [0.717, 1.165) is 15.7 Å². The zero-order valence-corrected chi connectivity index (χ0v) is 15.2. The molecule has 0 atom stereocenters. The van der Waals surface area contributed by atoms with Gasteiger partial charge in [0.15, 0.2) is 0 Å². The van der Waals surface area contributed by atoms with Crippen molar-refractivity contribution < 1.29 is 4.79 Å². The second kappa shape index (κ2) is 7.97. The molecule has 0 spiro atoms. The largest absolute Gasteiger partial charge is 0.340 e. The molecule has 0 radical (unpaired) electrons. The lowest BCUT2D eigenvalue weighted by Crippen LogP contribution is -2.43. The van der Waals surface area contributed by atoms with E-state index in [1.54, 1.807) is 18.4 Å². The molecule has 2 aromatic heterocycles. The minimum atomic E-state index is -0.487. The van der Waals surface area contributed by atoms with Gasteiger partial charge in [-0.3, -0.25) is 18.7 Å². The number of amides is 1. The molecule has 0 aliphatic heterocycles. The van der Waals surface area contributed by atoms with Crippen LogP contribution < -0.4 is 11.2 Å². The number of hydrogen-bond acceptors (Lipinski definition) is 4. The van der Waals surface area contributed by atoms with Crippen LogP contribution in [0.25, 0.3) is 0 Å². The fraction of sp³-hybridized carbons (Fsp3) is 0.211. The van der Waals surface area contributed by atoms with Gasteiger partial charge in [-0.2, -0.15) is 11.3 Å². The van der Waals surface area contributed by atoms with Gasteiger partial charge in [0.25, 0.3) is 5.56 Å². The Balaban J connectivity index is 1.79. The summed E-state index contributed by atoms with van der Waals surface area (Å²) < 4.78 is 2.41. The van der Waals surface area contributed by atoms with E-state index in [-0.39, 0.29) is 12.5 Å². The molecular formula is C19H19N3O3S. The first-order valence-corrected chi connectivity index (χ1v) is 9.08. The molecule has 3 aromatic rings. The van der Waals surface area contributed by atoms with E-state index >= 15 is 0 Å². The number of carbonyl (C=O) groups is 1. The summed E-state index contributed by atoms with van der Waals surface area (Å²) in [5, 5.41) is 3.91. The molecular weight excluding hydrogens is 350 g/mol. The van der Waals surface area contributed by atoms with Crippen molar-refractivity contribution in [2.45, 2.75) is 19.6 Å². The number of hydrogen-bond donors (Lipinski definition) is 0. The highest BCUT2D eigenvalue weighted by Gasteiger charge is 2.14. The summed E-state index contributed by atoms with van der Waals surface area (Å²) in [6.45, 7) is 0.523. The minimum Gasteiger partial charge on any atom is -0.340 e. The lowest BCUT2D eigenvalue weighted by Gasteiger charge is -2.17. The van der Waals surface area contributed by atoms with E-state index in [4.69, 9.17) is 0 Å². The van der Waals surface area contributed by atoms with Gasteiger partial charge in [0, 0.05) is 25.9 Å². The highest BCUT2D eigenvalue weighted by atomic mass is 32.1. The van der Waals surface area contributed by atoms with Crippen LogP contribution in [-0.2, 0) is 24.4 Å². The molecule has 0 saturated carbocycles. The average Bonchev–Trinajstić information content (AvgIpc) is 3.14. The smallest absolute Gasteiger partial charge is 0.331 e. The Morgan fingerprint density at radius 1 is 1.08 bits per heavy atom. The van der Waals surface area contributed by atoms with Crippen molar-refractivity contribution in [1.82, 2.24) is 14.0 Å². The maximum Gasteiger partial charge on any atom is 0.331 e. The van der Waals surface area contributed by atoms with Crippen molar-refractivity contribution in [3.05, 3.63) is 91.4 Å². The Kier molecular flexibility index (Phi) is 5.48. The first kappa shape index (κ1) is 17.9. The second-order valence-electron chi connectivity index (χ2n) is 6.02. The van der Waals surface area contributed by atoms with Gasteiger partial charge in [-0.1, -0.05) is 30.3 Å². The number of rotatable bonds is 6. The average molecular weight is 369 g/mol. The highest BCUT2D eigenvalue weighted by Crippen LogP contribution is 2.08. The summed E-state index contributed by atoms with van der Waals surface area (Å²) in [6, 6.07) is 12.7.